The number of hydrogen-bond acceptors (Lipinski definition) is 4. The van der Waals surface area contributed by atoms with Crippen molar-refractivity contribution in [2.75, 3.05) is 11.9 Å². The maximum Gasteiger partial charge on any atom is 0.244 e. The Balaban J connectivity index is 2.06. The number of anilines is 1. The number of hydrogen-bond donors (Lipinski definition) is 1. The van der Waals surface area contributed by atoms with Crippen molar-refractivity contribution in [1.29, 1.82) is 0 Å². The summed E-state index contributed by atoms with van der Waals surface area (Å²) in [7, 11) is 0. The molecule has 118 valence electrons. The van der Waals surface area contributed by atoms with Crippen molar-refractivity contribution in [3.63, 3.8) is 0 Å². The van der Waals surface area contributed by atoms with E-state index in [1.807, 2.05) is 32.0 Å². The third-order valence-corrected chi connectivity index (χ3v) is 5.24. The van der Waals surface area contributed by atoms with Crippen LogP contribution in [0.15, 0.2) is 30.3 Å². The second-order valence-electron chi connectivity index (χ2n) is 5.11. The van der Waals surface area contributed by atoms with E-state index >= 15 is 0 Å². The number of nitrogens with zero attached hydrogens (tertiary/aromatic N) is 1. The lowest BCUT2D eigenvalue weighted by molar-refractivity contribution is -0.147. The van der Waals surface area contributed by atoms with Crippen LogP contribution in [0.5, 0.6) is 0 Å². The topological polar surface area (TPSA) is 66.5 Å². The van der Waals surface area contributed by atoms with Crippen molar-refractivity contribution >= 4 is 35.2 Å². The number of para-hydroxylation sites is 1. The van der Waals surface area contributed by atoms with Gasteiger partial charge in [-0.05, 0) is 25.0 Å². The molecule has 1 saturated heterocycles. The summed E-state index contributed by atoms with van der Waals surface area (Å²) in [5.41, 5.74) is 0.651. The van der Waals surface area contributed by atoms with E-state index in [-0.39, 0.29) is 34.8 Å². The van der Waals surface area contributed by atoms with Gasteiger partial charge in [-0.25, -0.2) is 0 Å². The van der Waals surface area contributed by atoms with E-state index < -0.39 is 0 Å². The van der Waals surface area contributed by atoms with Gasteiger partial charge in [0.05, 0.1) is 10.5 Å². The molecule has 2 rings (SSSR count). The number of thioether (sulfide) groups is 1. The normalized spacial score (nSPS) is 21.8. The van der Waals surface area contributed by atoms with Gasteiger partial charge in [0.1, 0.15) is 6.54 Å². The smallest absolute Gasteiger partial charge is 0.244 e. The molecule has 1 aliphatic rings. The zero-order valence-electron chi connectivity index (χ0n) is 12.7. The average molecular weight is 320 g/mol. The van der Waals surface area contributed by atoms with Crippen molar-refractivity contribution in [2.24, 2.45) is 0 Å². The van der Waals surface area contributed by atoms with Crippen LogP contribution < -0.4 is 5.32 Å². The number of rotatable bonds is 5. The maximum absolute atomic E-state index is 12.3. The standard InChI is InChI=1S/C16H20N2O3S/c1-3-12-15(20)18(16(21)13(4-2)22-12)10-14(19)17-11-8-6-5-7-9-11/h5-9,12-13H,3-4,10H2,1-2H3,(H,17,19). The van der Waals surface area contributed by atoms with Gasteiger partial charge in [-0.2, -0.15) is 0 Å². The summed E-state index contributed by atoms with van der Waals surface area (Å²) in [5.74, 6) is -0.875. The first-order valence-corrected chi connectivity index (χ1v) is 8.36. The summed E-state index contributed by atoms with van der Waals surface area (Å²) in [6, 6.07) is 8.99. The number of carbonyl (C=O) groups excluding carboxylic acids is 3. The van der Waals surface area contributed by atoms with Crippen LogP contribution in [-0.4, -0.2) is 39.7 Å². The van der Waals surface area contributed by atoms with Gasteiger partial charge in [0, 0.05) is 5.69 Å². The van der Waals surface area contributed by atoms with Crippen molar-refractivity contribution in [1.82, 2.24) is 4.90 Å². The summed E-state index contributed by atoms with van der Waals surface area (Å²) < 4.78 is 0. The number of benzene rings is 1. The second kappa shape index (κ2) is 7.45. The third kappa shape index (κ3) is 3.68. The Labute approximate surface area is 134 Å². The Morgan fingerprint density at radius 2 is 1.64 bits per heavy atom. The molecule has 1 aliphatic heterocycles. The zero-order valence-corrected chi connectivity index (χ0v) is 13.6. The van der Waals surface area contributed by atoms with Gasteiger partial charge >= 0.3 is 0 Å². The highest BCUT2D eigenvalue weighted by molar-refractivity contribution is 8.02. The molecule has 22 heavy (non-hydrogen) atoms. The number of carbonyl (C=O) groups is 3. The van der Waals surface area contributed by atoms with Gasteiger partial charge < -0.3 is 5.32 Å². The number of amides is 3. The first-order valence-electron chi connectivity index (χ1n) is 7.42. The Kier molecular flexibility index (Phi) is 5.60. The molecule has 0 radical (unpaired) electrons. The fourth-order valence-electron chi connectivity index (χ4n) is 2.33. The Hall–Kier alpha value is -1.82. The molecule has 6 heteroatoms. The first-order chi connectivity index (χ1) is 10.6. The lowest BCUT2D eigenvalue weighted by Gasteiger charge is -2.34. The Bertz CT molecular complexity index is 540. The first kappa shape index (κ1) is 16.5. The number of nitrogens with one attached hydrogen (secondary N) is 1. The fraction of sp³-hybridized carbons (Fsp3) is 0.438. The van der Waals surface area contributed by atoms with Crippen LogP contribution >= 0.6 is 11.8 Å². The molecular weight excluding hydrogens is 300 g/mol. The monoisotopic (exact) mass is 320 g/mol. The molecule has 2 atom stereocenters. The minimum absolute atomic E-state index is 0.222. The summed E-state index contributed by atoms with van der Waals surface area (Å²) in [6.07, 6.45) is 1.31. The van der Waals surface area contributed by atoms with Crippen molar-refractivity contribution in [3.8, 4) is 0 Å². The summed E-state index contributed by atoms with van der Waals surface area (Å²) in [4.78, 5) is 37.8. The molecule has 1 aromatic carbocycles. The van der Waals surface area contributed by atoms with E-state index in [4.69, 9.17) is 0 Å². The quantitative estimate of drug-likeness (QED) is 0.845. The lowest BCUT2D eigenvalue weighted by atomic mass is 10.2. The molecule has 0 spiro atoms. The molecule has 5 nitrogen and oxygen atoms in total. The zero-order chi connectivity index (χ0) is 16.1. The molecule has 2 unspecified atom stereocenters. The Morgan fingerprint density at radius 3 is 2.14 bits per heavy atom. The molecule has 1 heterocycles. The minimum atomic E-state index is -0.357. The lowest BCUT2D eigenvalue weighted by Crippen LogP contribution is -2.53. The molecule has 1 aromatic rings. The molecule has 3 amide bonds. The maximum atomic E-state index is 12.3. The van der Waals surface area contributed by atoms with Gasteiger partial charge in [-0.15, -0.1) is 11.8 Å². The van der Waals surface area contributed by atoms with Gasteiger partial charge in [0.2, 0.25) is 17.7 Å². The van der Waals surface area contributed by atoms with Crippen LogP contribution in [0.4, 0.5) is 5.69 Å². The average Bonchev–Trinajstić information content (AvgIpc) is 2.53. The van der Waals surface area contributed by atoms with Crippen molar-refractivity contribution in [2.45, 2.75) is 37.2 Å². The summed E-state index contributed by atoms with van der Waals surface area (Å²) in [6.45, 7) is 3.61. The Morgan fingerprint density at radius 1 is 1.09 bits per heavy atom. The van der Waals surface area contributed by atoms with Gasteiger partial charge in [-0.1, -0.05) is 32.0 Å². The molecule has 1 fully saturated rings. The van der Waals surface area contributed by atoms with E-state index in [1.165, 1.54) is 11.8 Å². The van der Waals surface area contributed by atoms with Crippen molar-refractivity contribution < 1.29 is 14.4 Å². The van der Waals surface area contributed by atoms with E-state index in [1.54, 1.807) is 12.1 Å². The molecular formula is C16H20N2O3S. The molecule has 0 saturated carbocycles. The molecule has 0 aliphatic carbocycles. The molecule has 0 aromatic heterocycles. The van der Waals surface area contributed by atoms with E-state index in [0.717, 1.165) is 4.90 Å². The largest absolute Gasteiger partial charge is 0.325 e. The van der Waals surface area contributed by atoms with E-state index in [9.17, 15) is 14.4 Å². The van der Waals surface area contributed by atoms with Crippen LogP contribution in [-0.2, 0) is 14.4 Å². The highest BCUT2D eigenvalue weighted by Gasteiger charge is 2.40. The van der Waals surface area contributed by atoms with E-state index in [2.05, 4.69) is 5.32 Å². The fourth-order valence-corrected chi connectivity index (χ4v) is 3.60. The van der Waals surface area contributed by atoms with Crippen molar-refractivity contribution in [3.05, 3.63) is 30.3 Å². The molecule has 1 N–H and O–H groups in total. The van der Waals surface area contributed by atoms with Crippen LogP contribution in [0.2, 0.25) is 0 Å². The van der Waals surface area contributed by atoms with Crippen LogP contribution in [0.3, 0.4) is 0 Å². The van der Waals surface area contributed by atoms with E-state index in [0.29, 0.717) is 18.5 Å². The minimum Gasteiger partial charge on any atom is -0.325 e. The third-order valence-electron chi connectivity index (χ3n) is 3.51. The highest BCUT2D eigenvalue weighted by atomic mass is 32.2. The van der Waals surface area contributed by atoms with Crippen LogP contribution in [0, 0.1) is 0 Å². The van der Waals surface area contributed by atoms with Gasteiger partial charge in [0.25, 0.3) is 0 Å². The molecule has 0 bridgehead atoms. The van der Waals surface area contributed by atoms with Gasteiger partial charge in [0.15, 0.2) is 0 Å². The van der Waals surface area contributed by atoms with Gasteiger partial charge in [-0.3, -0.25) is 19.3 Å². The predicted octanol–water partition coefficient (Wildman–Crippen LogP) is 2.28. The summed E-state index contributed by atoms with van der Waals surface area (Å²) in [5, 5.41) is 2.22. The van der Waals surface area contributed by atoms with Crippen LogP contribution in [0.1, 0.15) is 26.7 Å². The predicted molar refractivity (Wildman–Crippen MR) is 87.5 cm³/mol. The second-order valence-corrected chi connectivity index (χ2v) is 6.52. The highest BCUT2D eigenvalue weighted by Crippen LogP contribution is 2.31. The van der Waals surface area contributed by atoms with Crippen LogP contribution in [0.25, 0.3) is 0 Å². The number of imide groups is 1. The SMILES string of the molecule is CCC1SC(CC)C(=O)N(CC(=O)Nc2ccccc2)C1=O. The summed E-state index contributed by atoms with van der Waals surface area (Å²) >= 11 is 1.41.